The highest BCUT2D eigenvalue weighted by Gasteiger charge is 2.28. The molecule has 6 heteroatoms. The van der Waals surface area contributed by atoms with Crippen LogP contribution in [-0.4, -0.2) is 20.7 Å². The molecule has 2 aromatic heterocycles. The Morgan fingerprint density at radius 3 is 2.87 bits per heavy atom. The van der Waals surface area contributed by atoms with Crippen molar-refractivity contribution in [1.82, 2.24) is 14.1 Å². The Hall–Kier alpha value is -3.54. The molecule has 2 aliphatic rings. The molecule has 0 saturated heterocycles. The van der Waals surface area contributed by atoms with Gasteiger partial charge in [0.05, 0.1) is 23.3 Å². The Morgan fingerprint density at radius 1 is 1.13 bits per heavy atom. The second-order valence-electron chi connectivity index (χ2n) is 8.38. The summed E-state index contributed by atoms with van der Waals surface area (Å²) in [6.07, 6.45) is 5.13. The highest BCUT2D eigenvalue weighted by Crippen LogP contribution is 2.40. The topological polar surface area (TPSA) is 58.3 Å². The summed E-state index contributed by atoms with van der Waals surface area (Å²) in [5, 5.41) is 0. The molecule has 0 unspecified atom stereocenters. The van der Waals surface area contributed by atoms with E-state index < -0.39 is 0 Å². The maximum Gasteiger partial charge on any atom is 0.258 e. The van der Waals surface area contributed by atoms with Gasteiger partial charge in [-0.3, -0.25) is 9.36 Å². The number of aromatic nitrogens is 3. The second-order valence-corrected chi connectivity index (χ2v) is 8.38. The fourth-order valence-corrected chi connectivity index (χ4v) is 4.31. The fourth-order valence-electron chi connectivity index (χ4n) is 4.31. The van der Waals surface area contributed by atoms with E-state index in [9.17, 15) is 4.79 Å². The van der Waals surface area contributed by atoms with Gasteiger partial charge < -0.3 is 14.0 Å². The molecule has 6 rings (SSSR count). The van der Waals surface area contributed by atoms with Crippen molar-refractivity contribution < 1.29 is 9.47 Å². The van der Waals surface area contributed by atoms with Gasteiger partial charge in [-0.15, -0.1) is 0 Å². The number of ether oxygens (including phenoxy) is 2. The van der Waals surface area contributed by atoms with E-state index in [0.717, 1.165) is 46.9 Å². The first-order chi connectivity index (χ1) is 15.2. The van der Waals surface area contributed by atoms with Crippen LogP contribution in [0.3, 0.4) is 0 Å². The van der Waals surface area contributed by atoms with Gasteiger partial charge in [-0.1, -0.05) is 6.07 Å². The highest BCUT2D eigenvalue weighted by molar-refractivity contribution is 5.78. The van der Waals surface area contributed by atoms with Crippen molar-refractivity contribution in [2.45, 2.75) is 31.8 Å². The molecule has 0 radical (unpaired) electrons. The maximum absolute atomic E-state index is 12.8. The largest absolute Gasteiger partial charge is 0.493 e. The number of rotatable bonds is 5. The third kappa shape index (κ3) is 3.28. The number of hydrogen-bond donors (Lipinski definition) is 0. The van der Waals surface area contributed by atoms with Gasteiger partial charge in [-0.05, 0) is 60.4 Å². The smallest absolute Gasteiger partial charge is 0.258 e. The first-order valence-corrected chi connectivity index (χ1v) is 10.7. The molecule has 0 spiro atoms. The maximum atomic E-state index is 12.8. The molecule has 1 saturated carbocycles. The van der Waals surface area contributed by atoms with Crippen molar-refractivity contribution in [1.29, 1.82) is 0 Å². The third-order valence-electron chi connectivity index (χ3n) is 6.17. The molecule has 6 nitrogen and oxygen atoms in total. The predicted octanol–water partition coefficient (Wildman–Crippen LogP) is 4.12. The van der Waals surface area contributed by atoms with Gasteiger partial charge in [0, 0.05) is 31.6 Å². The van der Waals surface area contributed by atoms with Crippen LogP contribution in [0.1, 0.15) is 35.7 Å². The van der Waals surface area contributed by atoms with Crippen LogP contribution < -0.4 is 15.0 Å². The minimum atomic E-state index is -0.121. The van der Waals surface area contributed by atoms with Crippen LogP contribution in [0.2, 0.25) is 0 Å². The Morgan fingerprint density at radius 2 is 2.03 bits per heavy atom. The molecule has 31 heavy (non-hydrogen) atoms. The van der Waals surface area contributed by atoms with Crippen molar-refractivity contribution in [3.63, 3.8) is 0 Å². The van der Waals surface area contributed by atoms with Crippen LogP contribution in [0.4, 0.5) is 0 Å². The summed E-state index contributed by atoms with van der Waals surface area (Å²) >= 11 is 0. The van der Waals surface area contributed by atoms with Gasteiger partial charge in [-0.25, -0.2) is 4.98 Å². The molecule has 4 aromatic rings. The van der Waals surface area contributed by atoms with Gasteiger partial charge >= 0.3 is 0 Å². The lowest BCUT2D eigenvalue weighted by atomic mass is 10.1. The monoisotopic (exact) mass is 413 g/mol. The molecule has 0 amide bonds. The molecular weight excluding hydrogens is 390 g/mol. The first kappa shape index (κ1) is 18.2. The first-order valence-electron chi connectivity index (χ1n) is 10.7. The van der Waals surface area contributed by atoms with E-state index in [-0.39, 0.29) is 5.56 Å². The van der Waals surface area contributed by atoms with E-state index in [1.54, 1.807) is 16.8 Å². The Labute approximate surface area is 179 Å². The molecule has 2 aromatic carbocycles. The number of imidazole rings is 1. The van der Waals surface area contributed by atoms with E-state index in [4.69, 9.17) is 14.5 Å². The number of benzene rings is 2. The lowest BCUT2D eigenvalue weighted by molar-refractivity contribution is 0.305. The van der Waals surface area contributed by atoms with E-state index in [2.05, 4.69) is 17.7 Å². The summed E-state index contributed by atoms with van der Waals surface area (Å²) in [6.45, 7) is 1.16. The average molecular weight is 413 g/mol. The predicted molar refractivity (Wildman–Crippen MR) is 118 cm³/mol. The van der Waals surface area contributed by atoms with Crippen LogP contribution in [0.15, 0.2) is 59.5 Å². The van der Waals surface area contributed by atoms with E-state index >= 15 is 0 Å². The summed E-state index contributed by atoms with van der Waals surface area (Å²) < 4.78 is 15.2. The summed E-state index contributed by atoms with van der Waals surface area (Å²) in [7, 11) is 2.05. The molecule has 0 N–H and O–H groups in total. The summed E-state index contributed by atoms with van der Waals surface area (Å²) in [5.41, 5.74) is 5.01. The zero-order chi connectivity index (χ0) is 20.9. The van der Waals surface area contributed by atoms with Gasteiger partial charge in [-0.2, -0.15) is 0 Å². The SMILES string of the molecule is Cn1c(C2CC2)nc2ccc(-n3ccc(OCc4ccc5c(c4)CCO5)cc3=O)cc21. The zero-order valence-corrected chi connectivity index (χ0v) is 17.4. The van der Waals surface area contributed by atoms with E-state index in [1.807, 2.05) is 36.4 Å². The molecule has 3 heterocycles. The molecular formula is C25H23N3O3. The van der Waals surface area contributed by atoms with E-state index in [0.29, 0.717) is 18.3 Å². The van der Waals surface area contributed by atoms with Crippen molar-refractivity contribution >= 4 is 11.0 Å². The number of nitrogens with zero attached hydrogens (tertiary/aromatic N) is 3. The minimum Gasteiger partial charge on any atom is -0.493 e. The Bertz CT molecular complexity index is 1360. The van der Waals surface area contributed by atoms with Gasteiger partial charge in [0.15, 0.2) is 0 Å². The normalized spacial score (nSPS) is 15.1. The fraction of sp³-hybridized carbons (Fsp3) is 0.280. The third-order valence-corrected chi connectivity index (χ3v) is 6.17. The molecule has 0 bridgehead atoms. The quantitative estimate of drug-likeness (QED) is 0.494. The second kappa shape index (κ2) is 7.01. The number of pyridine rings is 1. The Kier molecular flexibility index (Phi) is 4.13. The molecule has 156 valence electrons. The van der Waals surface area contributed by atoms with Crippen LogP contribution in [0.5, 0.6) is 11.5 Å². The molecule has 1 aliphatic heterocycles. The molecule has 0 atom stereocenters. The van der Waals surface area contributed by atoms with Crippen LogP contribution in [0, 0.1) is 0 Å². The van der Waals surface area contributed by atoms with Crippen LogP contribution in [-0.2, 0) is 20.1 Å². The van der Waals surface area contributed by atoms with Crippen LogP contribution >= 0.6 is 0 Å². The van der Waals surface area contributed by atoms with Gasteiger partial charge in [0.2, 0.25) is 0 Å². The van der Waals surface area contributed by atoms with Gasteiger partial charge in [0.1, 0.15) is 23.9 Å². The summed E-state index contributed by atoms with van der Waals surface area (Å²) in [4.78, 5) is 17.6. The number of hydrogen-bond acceptors (Lipinski definition) is 4. The van der Waals surface area contributed by atoms with Crippen LogP contribution in [0.25, 0.3) is 16.7 Å². The molecule has 1 fully saturated rings. The summed E-state index contributed by atoms with van der Waals surface area (Å²) in [5.74, 6) is 3.25. The highest BCUT2D eigenvalue weighted by atomic mass is 16.5. The van der Waals surface area contributed by atoms with Crippen molar-refractivity contribution in [3.05, 3.63) is 82.0 Å². The zero-order valence-electron chi connectivity index (χ0n) is 17.4. The number of fused-ring (bicyclic) bond motifs is 2. The lowest BCUT2D eigenvalue weighted by Crippen LogP contribution is -2.16. The standard InChI is InChI=1S/C25H23N3O3/c1-27-22-13-19(5-6-21(22)26-25(27)17-3-4-17)28-10-8-20(14-24(28)29)31-15-16-2-7-23-18(12-16)9-11-30-23/h2,5-8,10,12-14,17H,3-4,9,11,15H2,1H3. The Balaban J connectivity index is 1.24. The lowest BCUT2D eigenvalue weighted by Gasteiger charge is -2.10. The van der Waals surface area contributed by atoms with Crippen molar-refractivity contribution in [2.75, 3.05) is 6.61 Å². The van der Waals surface area contributed by atoms with Crippen molar-refractivity contribution in [2.24, 2.45) is 7.05 Å². The van der Waals surface area contributed by atoms with Crippen molar-refractivity contribution in [3.8, 4) is 17.2 Å². The summed E-state index contributed by atoms with van der Waals surface area (Å²) in [6, 6.07) is 15.4. The average Bonchev–Trinajstić information content (AvgIpc) is 3.43. The minimum absolute atomic E-state index is 0.121. The number of aryl methyl sites for hydroxylation is 1. The molecule has 1 aliphatic carbocycles. The van der Waals surface area contributed by atoms with E-state index in [1.165, 1.54) is 18.4 Å². The van der Waals surface area contributed by atoms with Gasteiger partial charge in [0.25, 0.3) is 5.56 Å².